The molecule has 6 heteroatoms. The second-order valence-corrected chi connectivity index (χ2v) is 7.09. The van der Waals surface area contributed by atoms with Crippen LogP contribution in [0.4, 0.5) is 11.8 Å². The van der Waals surface area contributed by atoms with Crippen molar-refractivity contribution in [3.05, 3.63) is 65.4 Å². The smallest absolute Gasteiger partial charge is 0.222 e. The zero-order chi connectivity index (χ0) is 19.7. The van der Waals surface area contributed by atoms with Crippen LogP contribution in [0.25, 0.3) is 22.2 Å². The van der Waals surface area contributed by atoms with Gasteiger partial charge in [0.15, 0.2) is 0 Å². The molecule has 5 N–H and O–H groups in total. The highest BCUT2D eigenvalue weighted by molar-refractivity contribution is 5.84. The molecule has 2 heterocycles. The predicted molar refractivity (Wildman–Crippen MR) is 114 cm³/mol. The lowest BCUT2D eigenvalue weighted by atomic mass is 10.0. The van der Waals surface area contributed by atoms with E-state index in [-0.39, 0.29) is 11.7 Å². The van der Waals surface area contributed by atoms with Crippen LogP contribution in [0, 0.1) is 13.8 Å². The van der Waals surface area contributed by atoms with Crippen LogP contribution in [0.1, 0.15) is 16.7 Å². The van der Waals surface area contributed by atoms with Crippen molar-refractivity contribution >= 4 is 22.7 Å². The Kier molecular flexibility index (Phi) is 4.61. The van der Waals surface area contributed by atoms with Crippen molar-refractivity contribution in [1.29, 1.82) is 0 Å². The Morgan fingerprint density at radius 3 is 2.61 bits per heavy atom. The molecule has 6 nitrogen and oxygen atoms in total. The van der Waals surface area contributed by atoms with Crippen LogP contribution in [0.5, 0.6) is 5.75 Å². The van der Waals surface area contributed by atoms with E-state index in [2.05, 4.69) is 52.3 Å². The van der Waals surface area contributed by atoms with Gasteiger partial charge in [0.25, 0.3) is 0 Å². The molecule has 0 aliphatic heterocycles. The van der Waals surface area contributed by atoms with Crippen molar-refractivity contribution in [2.45, 2.75) is 20.3 Å². The van der Waals surface area contributed by atoms with Crippen LogP contribution in [-0.4, -0.2) is 26.6 Å². The highest BCUT2D eigenvalue weighted by atomic mass is 16.3. The summed E-state index contributed by atoms with van der Waals surface area (Å²) in [5.74, 6) is 1.21. The summed E-state index contributed by atoms with van der Waals surface area (Å²) in [6, 6.07) is 13.6. The number of aromatic amines is 1. The molecular weight excluding hydrogens is 350 g/mol. The Bertz CT molecular complexity index is 1130. The monoisotopic (exact) mass is 373 g/mol. The number of aryl methyl sites for hydroxylation is 2. The van der Waals surface area contributed by atoms with E-state index in [1.54, 1.807) is 12.1 Å². The highest BCUT2D eigenvalue weighted by Gasteiger charge is 2.08. The van der Waals surface area contributed by atoms with Crippen molar-refractivity contribution < 1.29 is 5.11 Å². The van der Waals surface area contributed by atoms with Crippen molar-refractivity contribution in [2.24, 2.45) is 0 Å². The summed E-state index contributed by atoms with van der Waals surface area (Å²) in [5.41, 5.74) is 12.3. The van der Waals surface area contributed by atoms with Gasteiger partial charge in [-0.05, 0) is 56.2 Å². The number of nitrogens with two attached hydrogens (primary N) is 1. The zero-order valence-corrected chi connectivity index (χ0v) is 16.0. The number of anilines is 2. The number of hydrogen-bond acceptors (Lipinski definition) is 5. The minimum absolute atomic E-state index is 0.246. The molecule has 0 atom stereocenters. The number of phenols is 1. The zero-order valence-electron chi connectivity index (χ0n) is 16.0. The lowest BCUT2D eigenvalue weighted by Crippen LogP contribution is -2.08. The summed E-state index contributed by atoms with van der Waals surface area (Å²) in [5, 5.41) is 14.1. The van der Waals surface area contributed by atoms with E-state index in [0.717, 1.165) is 34.1 Å². The Labute approximate surface area is 163 Å². The van der Waals surface area contributed by atoms with Gasteiger partial charge >= 0.3 is 0 Å². The minimum Gasteiger partial charge on any atom is -0.508 e. The number of benzene rings is 2. The van der Waals surface area contributed by atoms with Crippen LogP contribution in [0.15, 0.2) is 48.7 Å². The van der Waals surface area contributed by atoms with Gasteiger partial charge in [0, 0.05) is 35.3 Å². The van der Waals surface area contributed by atoms with E-state index in [0.29, 0.717) is 12.4 Å². The van der Waals surface area contributed by atoms with Crippen molar-refractivity contribution in [3.8, 4) is 17.0 Å². The Morgan fingerprint density at radius 1 is 1.04 bits per heavy atom. The topological polar surface area (TPSA) is 99.8 Å². The third kappa shape index (κ3) is 3.76. The SMILES string of the molecule is Cc1cc(C)cc(-c2cc(NCCc3c[nH]c4ccc(O)cc34)nc(N)n2)c1. The molecule has 28 heavy (non-hydrogen) atoms. The number of rotatable bonds is 5. The van der Waals surface area contributed by atoms with E-state index < -0.39 is 0 Å². The molecule has 0 unspecified atom stereocenters. The van der Waals surface area contributed by atoms with Crippen molar-refractivity contribution in [3.63, 3.8) is 0 Å². The number of aromatic nitrogens is 3. The summed E-state index contributed by atoms with van der Waals surface area (Å²) in [7, 11) is 0. The number of H-pyrrole nitrogens is 1. The molecule has 0 saturated heterocycles. The molecule has 0 saturated carbocycles. The summed E-state index contributed by atoms with van der Waals surface area (Å²) < 4.78 is 0. The number of nitrogens with zero attached hydrogens (tertiary/aromatic N) is 2. The maximum absolute atomic E-state index is 9.72. The third-order valence-corrected chi connectivity index (χ3v) is 4.71. The van der Waals surface area contributed by atoms with E-state index in [1.165, 1.54) is 11.1 Å². The highest BCUT2D eigenvalue weighted by Crippen LogP contribution is 2.25. The van der Waals surface area contributed by atoms with Crippen molar-refractivity contribution in [2.75, 3.05) is 17.6 Å². The summed E-state index contributed by atoms with van der Waals surface area (Å²) in [4.78, 5) is 11.9. The number of hydrogen-bond donors (Lipinski definition) is 4. The average molecular weight is 373 g/mol. The van der Waals surface area contributed by atoms with Crippen LogP contribution >= 0.6 is 0 Å². The van der Waals surface area contributed by atoms with E-state index >= 15 is 0 Å². The van der Waals surface area contributed by atoms with Gasteiger partial charge in [-0.2, -0.15) is 4.98 Å². The number of fused-ring (bicyclic) bond motifs is 1. The molecule has 2 aromatic carbocycles. The maximum atomic E-state index is 9.72. The second kappa shape index (κ2) is 7.23. The normalized spacial score (nSPS) is 11.1. The molecular formula is C22H23N5O. The van der Waals surface area contributed by atoms with Gasteiger partial charge in [-0.15, -0.1) is 0 Å². The predicted octanol–water partition coefficient (Wildman–Crippen LogP) is 4.18. The largest absolute Gasteiger partial charge is 0.508 e. The molecule has 142 valence electrons. The van der Waals surface area contributed by atoms with Gasteiger partial charge in [0.1, 0.15) is 11.6 Å². The number of nitrogen functional groups attached to an aromatic ring is 1. The molecule has 2 aromatic heterocycles. The van der Waals surface area contributed by atoms with Gasteiger partial charge in [-0.25, -0.2) is 4.98 Å². The first-order valence-electron chi connectivity index (χ1n) is 9.24. The Morgan fingerprint density at radius 2 is 1.82 bits per heavy atom. The minimum atomic E-state index is 0.246. The standard InChI is InChI=1S/C22H23N5O/c1-13-7-14(2)9-16(8-13)20-11-21(27-22(23)26-20)24-6-5-15-12-25-19-4-3-17(28)10-18(15)19/h3-4,7-12,25,28H,5-6H2,1-2H3,(H3,23,24,26,27). The van der Waals surface area contributed by atoms with E-state index in [1.807, 2.05) is 18.3 Å². The first kappa shape index (κ1) is 17.9. The first-order chi connectivity index (χ1) is 13.5. The summed E-state index contributed by atoms with van der Waals surface area (Å²) >= 11 is 0. The fourth-order valence-corrected chi connectivity index (χ4v) is 3.53. The fourth-order valence-electron chi connectivity index (χ4n) is 3.53. The third-order valence-electron chi connectivity index (χ3n) is 4.71. The number of aromatic hydroxyl groups is 1. The average Bonchev–Trinajstić information content (AvgIpc) is 3.03. The Balaban J connectivity index is 1.52. The van der Waals surface area contributed by atoms with Crippen LogP contribution in [-0.2, 0) is 6.42 Å². The fraction of sp³-hybridized carbons (Fsp3) is 0.182. The number of nitrogens with one attached hydrogen (secondary N) is 2. The maximum Gasteiger partial charge on any atom is 0.222 e. The lowest BCUT2D eigenvalue weighted by molar-refractivity contribution is 0.476. The molecule has 0 fully saturated rings. The lowest BCUT2D eigenvalue weighted by Gasteiger charge is -2.10. The molecule has 0 spiro atoms. The molecule has 0 aliphatic carbocycles. The van der Waals surface area contributed by atoms with Crippen LogP contribution in [0.2, 0.25) is 0 Å². The van der Waals surface area contributed by atoms with E-state index in [4.69, 9.17) is 5.73 Å². The van der Waals surface area contributed by atoms with Crippen LogP contribution in [0.3, 0.4) is 0 Å². The van der Waals surface area contributed by atoms with Gasteiger partial charge in [0.05, 0.1) is 5.69 Å². The first-order valence-corrected chi connectivity index (χ1v) is 9.24. The van der Waals surface area contributed by atoms with Gasteiger partial charge < -0.3 is 21.1 Å². The Hall–Kier alpha value is -3.54. The quantitative estimate of drug-likeness (QED) is 0.420. The molecule has 0 aliphatic rings. The summed E-state index contributed by atoms with van der Waals surface area (Å²) in [6.45, 7) is 4.82. The van der Waals surface area contributed by atoms with Crippen molar-refractivity contribution in [1.82, 2.24) is 15.0 Å². The summed E-state index contributed by atoms with van der Waals surface area (Å²) in [6.07, 6.45) is 2.76. The molecule has 4 rings (SSSR count). The van der Waals surface area contributed by atoms with Gasteiger partial charge in [-0.3, -0.25) is 0 Å². The molecule has 4 aromatic rings. The second-order valence-electron chi connectivity index (χ2n) is 7.09. The molecule has 0 amide bonds. The molecule has 0 bridgehead atoms. The van der Waals surface area contributed by atoms with E-state index in [9.17, 15) is 5.11 Å². The van der Waals surface area contributed by atoms with Gasteiger partial charge in [-0.1, -0.05) is 17.2 Å². The number of phenolic OH excluding ortho intramolecular Hbond substituents is 1. The van der Waals surface area contributed by atoms with Crippen LogP contribution < -0.4 is 11.1 Å². The molecule has 0 radical (unpaired) electrons. The van der Waals surface area contributed by atoms with Gasteiger partial charge in [0.2, 0.25) is 5.95 Å².